The Morgan fingerprint density at radius 1 is 1.17 bits per heavy atom. The summed E-state index contributed by atoms with van der Waals surface area (Å²) in [5, 5.41) is 11.6. The molecule has 0 bridgehead atoms. The van der Waals surface area contributed by atoms with E-state index in [9.17, 15) is 13.2 Å². The van der Waals surface area contributed by atoms with Crippen molar-refractivity contribution in [1.29, 1.82) is 5.26 Å². The zero-order chi connectivity index (χ0) is 17.2. The van der Waals surface area contributed by atoms with Gasteiger partial charge in [-0.2, -0.15) is 5.26 Å². The van der Waals surface area contributed by atoms with E-state index in [1.165, 1.54) is 12.1 Å². The van der Waals surface area contributed by atoms with E-state index in [-0.39, 0.29) is 16.6 Å². The van der Waals surface area contributed by atoms with Crippen molar-refractivity contribution in [2.75, 3.05) is 11.3 Å². The van der Waals surface area contributed by atoms with E-state index in [2.05, 4.69) is 10.0 Å². The largest absolute Gasteiger partial charge is 0.439 e. The number of nitriles is 1. The smallest absolute Gasteiger partial charge is 0.407 e. The summed E-state index contributed by atoms with van der Waals surface area (Å²) in [7, 11) is -3.87. The minimum absolute atomic E-state index is 0.0746. The van der Waals surface area contributed by atoms with Crippen molar-refractivity contribution in [2.24, 2.45) is 0 Å². The number of hydrogen-bond acceptors (Lipinski definition) is 5. The Kier molecular flexibility index (Phi) is 4.10. The number of sulfonamides is 1. The number of alkyl carbamates (subject to hydrolysis) is 1. The molecule has 2 aromatic carbocycles. The maximum absolute atomic E-state index is 12.4. The van der Waals surface area contributed by atoms with E-state index in [4.69, 9.17) is 10.00 Å². The molecule has 2 N–H and O–H groups in total. The van der Waals surface area contributed by atoms with Gasteiger partial charge in [0.2, 0.25) is 0 Å². The average molecular weight is 343 g/mol. The van der Waals surface area contributed by atoms with Crippen molar-refractivity contribution in [3.05, 3.63) is 59.7 Å². The van der Waals surface area contributed by atoms with Crippen LogP contribution in [0.25, 0.3) is 0 Å². The fraction of sp³-hybridized carbons (Fsp3) is 0.125. The van der Waals surface area contributed by atoms with Crippen LogP contribution in [0.5, 0.6) is 0 Å². The van der Waals surface area contributed by atoms with Gasteiger partial charge in [-0.25, -0.2) is 13.2 Å². The van der Waals surface area contributed by atoms with Crippen molar-refractivity contribution < 1.29 is 17.9 Å². The zero-order valence-electron chi connectivity index (χ0n) is 12.4. The molecule has 1 unspecified atom stereocenters. The van der Waals surface area contributed by atoms with Gasteiger partial charge in [0.1, 0.15) is 17.1 Å². The molecule has 1 atom stereocenters. The van der Waals surface area contributed by atoms with Crippen LogP contribution in [0.1, 0.15) is 17.2 Å². The number of nitrogens with zero attached hydrogens (tertiary/aromatic N) is 1. The van der Waals surface area contributed by atoms with Crippen molar-refractivity contribution >= 4 is 21.8 Å². The number of carbonyl (C=O) groups is 1. The predicted molar refractivity (Wildman–Crippen MR) is 85.6 cm³/mol. The highest BCUT2D eigenvalue weighted by molar-refractivity contribution is 7.92. The molecule has 3 rings (SSSR count). The molecule has 1 amide bonds. The number of ether oxygens (including phenoxy) is 1. The van der Waals surface area contributed by atoms with Crippen LogP contribution < -0.4 is 10.0 Å². The van der Waals surface area contributed by atoms with Gasteiger partial charge in [-0.3, -0.25) is 4.72 Å². The Hall–Kier alpha value is -3.05. The quantitative estimate of drug-likeness (QED) is 0.884. The molecule has 1 aliphatic heterocycles. The predicted octanol–water partition coefficient (Wildman–Crippen LogP) is 2.14. The fourth-order valence-corrected chi connectivity index (χ4v) is 3.56. The van der Waals surface area contributed by atoms with Crippen LogP contribution in [0.15, 0.2) is 53.4 Å². The molecule has 24 heavy (non-hydrogen) atoms. The second-order valence-electron chi connectivity index (χ2n) is 5.11. The van der Waals surface area contributed by atoms with Crippen LogP contribution in [0, 0.1) is 11.3 Å². The van der Waals surface area contributed by atoms with Crippen molar-refractivity contribution in [1.82, 2.24) is 5.32 Å². The van der Waals surface area contributed by atoms with Crippen molar-refractivity contribution in [3.63, 3.8) is 0 Å². The standard InChI is InChI=1S/C16H13N3O4S/c17-9-12-3-1-2-4-15(12)24(21,22)19-13-7-5-11(6-8-13)14-10-18-16(20)23-14/h1-8,14,19H,10H2,(H,18,20). The van der Waals surface area contributed by atoms with Crippen molar-refractivity contribution in [3.8, 4) is 6.07 Å². The van der Waals surface area contributed by atoms with Crippen LogP contribution in [-0.4, -0.2) is 21.1 Å². The minimum atomic E-state index is -3.87. The third-order valence-corrected chi connectivity index (χ3v) is 4.95. The number of rotatable bonds is 4. The number of amides is 1. The molecule has 1 saturated heterocycles. The first kappa shape index (κ1) is 15.8. The molecule has 0 saturated carbocycles. The SMILES string of the molecule is N#Cc1ccccc1S(=O)(=O)Nc1ccc(C2CNC(=O)O2)cc1. The van der Waals surface area contributed by atoms with Gasteiger partial charge in [0, 0.05) is 5.69 Å². The van der Waals surface area contributed by atoms with Crippen molar-refractivity contribution in [2.45, 2.75) is 11.0 Å². The summed E-state index contributed by atoms with van der Waals surface area (Å²) in [6.45, 7) is 0.374. The summed E-state index contributed by atoms with van der Waals surface area (Å²) in [6.07, 6.45) is -0.861. The van der Waals surface area contributed by atoms with Gasteiger partial charge >= 0.3 is 6.09 Å². The molecule has 0 aliphatic carbocycles. The second-order valence-corrected chi connectivity index (χ2v) is 6.76. The number of anilines is 1. The van der Waals surface area contributed by atoms with Gasteiger partial charge in [0.15, 0.2) is 0 Å². The Labute approximate surface area is 138 Å². The monoisotopic (exact) mass is 343 g/mol. The van der Waals surface area contributed by atoms with Gasteiger partial charge in [-0.15, -0.1) is 0 Å². The number of carbonyl (C=O) groups excluding carboxylic acids is 1. The van der Waals surface area contributed by atoms with Crippen LogP contribution in [0.3, 0.4) is 0 Å². The van der Waals surface area contributed by atoms with Crippen LogP contribution in [0.4, 0.5) is 10.5 Å². The zero-order valence-corrected chi connectivity index (χ0v) is 13.2. The molecule has 1 fully saturated rings. The van der Waals surface area contributed by atoms with E-state index in [1.807, 2.05) is 6.07 Å². The number of cyclic esters (lactones) is 1. The summed E-state index contributed by atoms with van der Waals surface area (Å²) < 4.78 is 32.3. The van der Waals surface area contributed by atoms with Gasteiger partial charge in [0.05, 0.1) is 12.1 Å². The molecule has 8 heteroatoms. The summed E-state index contributed by atoms with van der Waals surface area (Å²) in [5.41, 5.74) is 1.18. The molecule has 0 aromatic heterocycles. The lowest BCUT2D eigenvalue weighted by Crippen LogP contribution is -2.14. The highest BCUT2D eigenvalue weighted by atomic mass is 32.2. The molecule has 7 nitrogen and oxygen atoms in total. The second kappa shape index (κ2) is 6.22. The first-order valence-corrected chi connectivity index (χ1v) is 8.54. The third kappa shape index (κ3) is 3.16. The Morgan fingerprint density at radius 3 is 2.50 bits per heavy atom. The maximum Gasteiger partial charge on any atom is 0.407 e. The molecule has 1 aliphatic rings. The molecule has 1 heterocycles. The normalized spacial score (nSPS) is 16.8. The van der Waals surface area contributed by atoms with Gasteiger partial charge in [-0.05, 0) is 29.8 Å². The average Bonchev–Trinajstić information content (AvgIpc) is 3.01. The molecular weight excluding hydrogens is 330 g/mol. The number of benzene rings is 2. The third-order valence-electron chi connectivity index (χ3n) is 3.51. The Balaban J connectivity index is 1.81. The molecule has 0 radical (unpaired) electrons. The highest BCUT2D eigenvalue weighted by Crippen LogP contribution is 2.24. The summed E-state index contributed by atoms with van der Waals surface area (Å²) >= 11 is 0. The van der Waals surface area contributed by atoms with Gasteiger partial charge < -0.3 is 10.1 Å². The van der Waals surface area contributed by atoms with E-state index in [0.29, 0.717) is 12.2 Å². The van der Waals surface area contributed by atoms with Gasteiger partial charge in [0.25, 0.3) is 10.0 Å². The topological polar surface area (TPSA) is 108 Å². The fourth-order valence-electron chi connectivity index (χ4n) is 2.34. The van der Waals surface area contributed by atoms with E-state index in [0.717, 1.165) is 5.56 Å². The summed E-state index contributed by atoms with van der Waals surface area (Å²) in [4.78, 5) is 11.0. The lowest BCUT2D eigenvalue weighted by molar-refractivity contribution is 0.141. The molecule has 0 spiro atoms. The highest BCUT2D eigenvalue weighted by Gasteiger charge is 2.24. The maximum atomic E-state index is 12.4. The summed E-state index contributed by atoms with van der Waals surface area (Å²) in [6, 6.07) is 14.4. The van der Waals surface area contributed by atoms with Crippen LogP contribution in [0.2, 0.25) is 0 Å². The lowest BCUT2D eigenvalue weighted by Gasteiger charge is -2.11. The Bertz CT molecular complexity index is 917. The van der Waals surface area contributed by atoms with Crippen LogP contribution >= 0.6 is 0 Å². The van der Waals surface area contributed by atoms with Crippen LogP contribution in [-0.2, 0) is 14.8 Å². The lowest BCUT2D eigenvalue weighted by atomic mass is 10.1. The number of hydrogen-bond donors (Lipinski definition) is 2. The van der Waals surface area contributed by atoms with E-state index in [1.54, 1.807) is 36.4 Å². The molecular formula is C16H13N3O4S. The number of nitrogens with one attached hydrogen (secondary N) is 2. The first-order valence-electron chi connectivity index (χ1n) is 7.06. The van der Waals surface area contributed by atoms with E-state index >= 15 is 0 Å². The summed E-state index contributed by atoms with van der Waals surface area (Å²) in [5.74, 6) is 0. The Morgan fingerprint density at radius 2 is 1.88 bits per heavy atom. The first-order chi connectivity index (χ1) is 11.5. The van der Waals surface area contributed by atoms with E-state index < -0.39 is 16.1 Å². The molecule has 2 aromatic rings. The van der Waals surface area contributed by atoms with Gasteiger partial charge in [-0.1, -0.05) is 24.3 Å². The molecule has 122 valence electrons. The minimum Gasteiger partial charge on any atom is -0.439 e.